The van der Waals surface area contributed by atoms with Gasteiger partial charge < -0.3 is 0 Å². The largest absolute Gasteiger partial charge is 0.424 e. The summed E-state index contributed by atoms with van der Waals surface area (Å²) in [5, 5.41) is 0. The van der Waals surface area contributed by atoms with Gasteiger partial charge in [0.2, 0.25) is 0 Å². The first-order valence-corrected chi connectivity index (χ1v) is 4.81. The molecule has 7 heteroatoms. The van der Waals surface area contributed by atoms with Gasteiger partial charge in [-0.15, -0.1) is 0 Å². The molecule has 0 bridgehead atoms. The van der Waals surface area contributed by atoms with Crippen LogP contribution >= 0.6 is 0 Å². The van der Waals surface area contributed by atoms with Crippen LogP contribution in [-0.4, -0.2) is 12.4 Å². The highest BCUT2D eigenvalue weighted by Crippen LogP contribution is 2.41. The van der Waals surface area contributed by atoms with Crippen molar-refractivity contribution in [1.29, 1.82) is 0 Å². The van der Waals surface area contributed by atoms with Crippen LogP contribution in [0.1, 0.15) is 26.2 Å². The topological polar surface area (TPSA) is 0 Å². The number of rotatable bonds is 4. The zero-order chi connectivity index (χ0) is 13.7. The van der Waals surface area contributed by atoms with Gasteiger partial charge in [-0.25, -0.2) is 4.39 Å². The van der Waals surface area contributed by atoms with Gasteiger partial charge in [-0.05, 0) is 12.5 Å². The molecule has 0 aromatic rings. The van der Waals surface area contributed by atoms with Crippen molar-refractivity contribution in [2.24, 2.45) is 0 Å². The highest BCUT2D eigenvalue weighted by molar-refractivity contribution is 5.27. The standard InChI is InChI=1S/C10H11F7/c1-2-3-4-5-6-7(11)8(9(12,13)14)10(15,16)17/h5-6H,2-4H2,1H3. The zero-order valence-electron chi connectivity index (χ0n) is 8.92. The number of hydrogen-bond donors (Lipinski definition) is 0. The van der Waals surface area contributed by atoms with Gasteiger partial charge >= 0.3 is 12.4 Å². The van der Waals surface area contributed by atoms with Gasteiger partial charge in [-0.1, -0.05) is 25.8 Å². The van der Waals surface area contributed by atoms with Gasteiger partial charge in [-0.3, -0.25) is 0 Å². The Hall–Kier alpha value is -1.01. The lowest BCUT2D eigenvalue weighted by Gasteiger charge is -2.14. The van der Waals surface area contributed by atoms with Crippen molar-refractivity contribution in [3.8, 4) is 0 Å². The average Bonchev–Trinajstić information content (AvgIpc) is 2.07. The van der Waals surface area contributed by atoms with Crippen LogP contribution in [0, 0.1) is 0 Å². The molecule has 0 nitrogen and oxygen atoms in total. The molecule has 0 aliphatic rings. The Morgan fingerprint density at radius 1 is 1.00 bits per heavy atom. The molecule has 0 saturated heterocycles. The minimum atomic E-state index is -5.75. The van der Waals surface area contributed by atoms with E-state index in [4.69, 9.17) is 0 Å². The number of halogens is 7. The number of hydrogen-bond acceptors (Lipinski definition) is 0. The van der Waals surface area contributed by atoms with Crippen LogP contribution < -0.4 is 0 Å². The second kappa shape index (κ2) is 6.07. The fourth-order valence-electron chi connectivity index (χ4n) is 1.02. The maximum Gasteiger partial charge on any atom is 0.424 e. The highest BCUT2D eigenvalue weighted by atomic mass is 19.4. The van der Waals surface area contributed by atoms with Gasteiger partial charge in [0.25, 0.3) is 0 Å². The summed E-state index contributed by atoms with van der Waals surface area (Å²) < 4.78 is 84.8. The summed E-state index contributed by atoms with van der Waals surface area (Å²) >= 11 is 0. The van der Waals surface area contributed by atoms with E-state index in [1.165, 1.54) is 0 Å². The second-order valence-corrected chi connectivity index (χ2v) is 3.26. The van der Waals surface area contributed by atoms with Crippen molar-refractivity contribution in [3.63, 3.8) is 0 Å². The van der Waals surface area contributed by atoms with Crippen molar-refractivity contribution in [1.82, 2.24) is 0 Å². The molecule has 0 N–H and O–H groups in total. The zero-order valence-corrected chi connectivity index (χ0v) is 8.92. The Balaban J connectivity index is 5.08. The van der Waals surface area contributed by atoms with E-state index in [1.807, 2.05) is 0 Å². The summed E-state index contributed by atoms with van der Waals surface area (Å²) in [7, 11) is 0. The quantitative estimate of drug-likeness (QED) is 0.377. The molecule has 0 fully saturated rings. The predicted molar refractivity (Wildman–Crippen MR) is 48.9 cm³/mol. The van der Waals surface area contributed by atoms with Crippen molar-refractivity contribution in [3.05, 3.63) is 23.6 Å². The number of allylic oxidation sites excluding steroid dienone is 4. The molecular formula is C10H11F7. The van der Waals surface area contributed by atoms with Gasteiger partial charge in [-0.2, -0.15) is 26.3 Å². The Labute approximate surface area is 93.8 Å². The van der Waals surface area contributed by atoms with Gasteiger partial charge in [0, 0.05) is 0 Å². The van der Waals surface area contributed by atoms with Crippen LogP contribution in [0.3, 0.4) is 0 Å². The fourth-order valence-corrected chi connectivity index (χ4v) is 1.02. The molecule has 17 heavy (non-hydrogen) atoms. The van der Waals surface area contributed by atoms with E-state index in [0.29, 0.717) is 12.8 Å². The van der Waals surface area contributed by atoms with Crippen molar-refractivity contribution < 1.29 is 30.7 Å². The fraction of sp³-hybridized carbons (Fsp3) is 0.600. The molecule has 0 radical (unpaired) electrons. The molecule has 0 amide bonds. The lowest BCUT2D eigenvalue weighted by atomic mass is 10.2. The van der Waals surface area contributed by atoms with Crippen LogP contribution in [0.25, 0.3) is 0 Å². The molecule has 0 aromatic heterocycles. The normalized spacial score (nSPS) is 13.2. The number of alkyl halides is 6. The van der Waals surface area contributed by atoms with E-state index in [-0.39, 0.29) is 12.5 Å². The highest BCUT2D eigenvalue weighted by Gasteiger charge is 2.53. The van der Waals surface area contributed by atoms with E-state index in [0.717, 1.165) is 6.08 Å². The monoisotopic (exact) mass is 264 g/mol. The van der Waals surface area contributed by atoms with Gasteiger partial charge in [0.15, 0.2) is 5.57 Å². The van der Waals surface area contributed by atoms with E-state index in [2.05, 4.69) is 0 Å². The Kier molecular flexibility index (Phi) is 5.71. The Bertz CT molecular complexity index is 277. The molecule has 100 valence electrons. The average molecular weight is 264 g/mol. The van der Waals surface area contributed by atoms with Gasteiger partial charge in [0.05, 0.1) is 0 Å². The first kappa shape index (κ1) is 16.0. The summed E-state index contributed by atoms with van der Waals surface area (Å²) in [5.74, 6) is -2.30. The minimum absolute atomic E-state index is 0.214. The third-order valence-electron chi connectivity index (χ3n) is 1.79. The molecule has 0 spiro atoms. The van der Waals surface area contributed by atoms with Gasteiger partial charge in [0.1, 0.15) is 5.83 Å². The molecule has 0 saturated carbocycles. The molecule has 0 atom stereocenters. The summed E-state index contributed by atoms with van der Waals surface area (Å²) in [6, 6.07) is 0. The first-order valence-electron chi connectivity index (χ1n) is 4.81. The van der Waals surface area contributed by atoms with E-state index >= 15 is 0 Å². The maximum absolute atomic E-state index is 12.8. The van der Waals surface area contributed by atoms with Crippen LogP contribution in [0.2, 0.25) is 0 Å². The molecule has 0 aliphatic heterocycles. The maximum atomic E-state index is 12.8. The van der Waals surface area contributed by atoms with Crippen LogP contribution in [0.4, 0.5) is 30.7 Å². The van der Waals surface area contributed by atoms with Crippen molar-refractivity contribution in [2.45, 2.75) is 38.5 Å². The molecule has 0 heterocycles. The minimum Gasteiger partial charge on any atom is -0.206 e. The smallest absolute Gasteiger partial charge is 0.206 e. The van der Waals surface area contributed by atoms with E-state index < -0.39 is 23.8 Å². The second-order valence-electron chi connectivity index (χ2n) is 3.26. The lowest BCUT2D eigenvalue weighted by Crippen LogP contribution is -2.27. The SMILES string of the molecule is CCCCC=CC(F)=C(C(F)(F)F)C(F)(F)F. The van der Waals surface area contributed by atoms with Crippen LogP contribution in [0.5, 0.6) is 0 Å². The Morgan fingerprint density at radius 3 is 1.82 bits per heavy atom. The van der Waals surface area contributed by atoms with E-state index in [1.54, 1.807) is 6.92 Å². The molecular weight excluding hydrogens is 253 g/mol. The molecule has 0 rings (SSSR count). The molecule has 0 unspecified atom stereocenters. The van der Waals surface area contributed by atoms with Crippen molar-refractivity contribution >= 4 is 0 Å². The third-order valence-corrected chi connectivity index (χ3v) is 1.79. The third kappa shape index (κ3) is 5.74. The van der Waals surface area contributed by atoms with Crippen LogP contribution in [-0.2, 0) is 0 Å². The van der Waals surface area contributed by atoms with Crippen molar-refractivity contribution in [2.75, 3.05) is 0 Å². The summed E-state index contributed by atoms with van der Waals surface area (Å²) in [5.41, 5.74) is -3.10. The molecule has 0 aromatic carbocycles. The Morgan fingerprint density at radius 2 is 1.47 bits per heavy atom. The predicted octanol–water partition coefficient (Wildman–Crippen LogP) is 5.08. The number of unbranched alkanes of at least 4 members (excludes halogenated alkanes) is 2. The first-order chi connectivity index (χ1) is 7.60. The molecule has 0 aliphatic carbocycles. The summed E-state index contributed by atoms with van der Waals surface area (Å²) in [6.07, 6.45) is -8.83. The summed E-state index contributed by atoms with van der Waals surface area (Å²) in [4.78, 5) is 0. The lowest BCUT2D eigenvalue weighted by molar-refractivity contribution is -0.174. The van der Waals surface area contributed by atoms with Crippen LogP contribution in [0.15, 0.2) is 23.6 Å². The summed E-state index contributed by atoms with van der Waals surface area (Å²) in [6.45, 7) is 1.79. The van der Waals surface area contributed by atoms with E-state index in [9.17, 15) is 30.7 Å².